The fraction of sp³-hybridized carbons (Fsp3) is 0.882. The normalized spacial score (nSPS) is 33.6. The van der Waals surface area contributed by atoms with Gasteiger partial charge in [0.05, 0.1) is 18.8 Å². The third-order valence-corrected chi connectivity index (χ3v) is 4.69. The van der Waals surface area contributed by atoms with Crippen molar-refractivity contribution in [1.82, 2.24) is 0 Å². The number of unbranched alkanes of at least 4 members (excludes halogenated alkanes) is 3. The summed E-state index contributed by atoms with van der Waals surface area (Å²) in [6.45, 7) is 6.20. The second-order valence-electron chi connectivity index (χ2n) is 6.06. The van der Waals surface area contributed by atoms with Crippen LogP contribution >= 0.6 is 0 Å². The minimum absolute atomic E-state index is 0.482. The van der Waals surface area contributed by atoms with Gasteiger partial charge in [-0.15, -0.1) is 0 Å². The highest BCUT2D eigenvalue weighted by Crippen LogP contribution is 2.45. The molecule has 0 unspecified atom stereocenters. The van der Waals surface area contributed by atoms with Crippen LogP contribution in [0.1, 0.15) is 58.8 Å². The van der Waals surface area contributed by atoms with Crippen molar-refractivity contribution < 1.29 is 9.47 Å². The summed E-state index contributed by atoms with van der Waals surface area (Å²) < 4.78 is 12.0. The largest absolute Gasteiger partial charge is 0.381 e. The van der Waals surface area contributed by atoms with Gasteiger partial charge in [-0.1, -0.05) is 38.3 Å². The quantitative estimate of drug-likeness (QED) is 0.456. The topological polar surface area (TPSA) is 18.5 Å². The molecule has 0 saturated carbocycles. The van der Waals surface area contributed by atoms with Crippen LogP contribution in [0.2, 0.25) is 0 Å². The molecule has 2 nitrogen and oxygen atoms in total. The van der Waals surface area contributed by atoms with E-state index in [1.807, 2.05) is 0 Å². The highest BCUT2D eigenvalue weighted by Gasteiger charge is 2.47. The lowest BCUT2D eigenvalue weighted by Crippen LogP contribution is -2.30. The number of fused-ring (bicyclic) bond motifs is 2. The van der Waals surface area contributed by atoms with Crippen molar-refractivity contribution in [3.05, 3.63) is 12.2 Å². The molecule has 2 heterocycles. The third kappa shape index (κ3) is 4.06. The van der Waals surface area contributed by atoms with Gasteiger partial charge in [0, 0.05) is 12.5 Å². The molecule has 0 aromatic carbocycles. The molecule has 0 spiro atoms. The van der Waals surface area contributed by atoms with Gasteiger partial charge in [0.25, 0.3) is 0 Å². The molecule has 2 heteroatoms. The van der Waals surface area contributed by atoms with E-state index >= 15 is 0 Å². The van der Waals surface area contributed by atoms with Gasteiger partial charge in [0.2, 0.25) is 0 Å². The fourth-order valence-corrected chi connectivity index (χ4v) is 3.57. The Labute approximate surface area is 118 Å². The van der Waals surface area contributed by atoms with E-state index in [1.165, 1.54) is 44.9 Å². The number of allylic oxidation sites excluding steroid dienone is 2. The van der Waals surface area contributed by atoms with Gasteiger partial charge in [-0.05, 0) is 38.5 Å². The molecule has 2 fully saturated rings. The molecule has 0 aromatic heterocycles. The molecule has 0 radical (unpaired) electrons. The number of ether oxygens (including phenoxy) is 2. The standard InChI is InChI=1S/C17H30O2/c1-3-5-7-8-12-18-13-15-14(9-6-4-2)16-10-11-17(15)19-16/h4,6,14-17H,3,5,7-13H2,1-2H3/t14-,15+,16-,17+/m1/s1. The van der Waals surface area contributed by atoms with E-state index < -0.39 is 0 Å². The molecule has 0 aliphatic carbocycles. The Hall–Kier alpha value is -0.340. The van der Waals surface area contributed by atoms with E-state index in [9.17, 15) is 0 Å². The predicted octanol–water partition coefficient (Wildman–Crippen LogP) is 4.34. The second-order valence-corrected chi connectivity index (χ2v) is 6.06. The summed E-state index contributed by atoms with van der Waals surface area (Å²) in [5, 5.41) is 0. The molecule has 4 atom stereocenters. The minimum atomic E-state index is 0.482. The Balaban J connectivity index is 1.68. The molecular formula is C17H30O2. The zero-order valence-corrected chi connectivity index (χ0v) is 12.6. The molecular weight excluding hydrogens is 236 g/mol. The summed E-state index contributed by atoms with van der Waals surface area (Å²) in [5.41, 5.74) is 0. The molecule has 0 amide bonds. The van der Waals surface area contributed by atoms with Gasteiger partial charge in [0.1, 0.15) is 0 Å². The molecule has 110 valence electrons. The zero-order chi connectivity index (χ0) is 13.5. The first-order chi connectivity index (χ1) is 9.36. The lowest BCUT2D eigenvalue weighted by atomic mass is 9.78. The molecule has 2 aliphatic rings. The Kier molecular flexibility index (Phi) is 6.39. The lowest BCUT2D eigenvalue weighted by molar-refractivity contribution is 0.0478. The number of rotatable bonds is 9. The van der Waals surface area contributed by atoms with Crippen molar-refractivity contribution in [2.75, 3.05) is 13.2 Å². The maximum Gasteiger partial charge on any atom is 0.0633 e. The molecule has 0 aromatic rings. The Morgan fingerprint density at radius 2 is 1.89 bits per heavy atom. The van der Waals surface area contributed by atoms with Gasteiger partial charge < -0.3 is 9.47 Å². The zero-order valence-electron chi connectivity index (χ0n) is 12.6. The maximum absolute atomic E-state index is 6.08. The van der Waals surface area contributed by atoms with Crippen molar-refractivity contribution in [3.8, 4) is 0 Å². The first-order valence-corrected chi connectivity index (χ1v) is 8.21. The van der Waals surface area contributed by atoms with Crippen LogP contribution in [0.15, 0.2) is 12.2 Å². The summed E-state index contributed by atoms with van der Waals surface area (Å²) in [4.78, 5) is 0. The summed E-state index contributed by atoms with van der Waals surface area (Å²) in [6.07, 6.45) is 14.3. The van der Waals surface area contributed by atoms with Gasteiger partial charge in [-0.3, -0.25) is 0 Å². The van der Waals surface area contributed by atoms with Gasteiger partial charge in [0.15, 0.2) is 0 Å². The van der Waals surface area contributed by atoms with Crippen LogP contribution in [-0.4, -0.2) is 25.4 Å². The van der Waals surface area contributed by atoms with Crippen LogP contribution in [0.3, 0.4) is 0 Å². The summed E-state index contributed by atoms with van der Waals surface area (Å²) >= 11 is 0. The molecule has 2 aliphatic heterocycles. The summed E-state index contributed by atoms with van der Waals surface area (Å²) in [6, 6.07) is 0. The van der Waals surface area contributed by atoms with Crippen LogP contribution in [-0.2, 0) is 9.47 Å². The Bertz CT molecular complexity index is 274. The van der Waals surface area contributed by atoms with Crippen molar-refractivity contribution in [3.63, 3.8) is 0 Å². The molecule has 2 bridgehead atoms. The third-order valence-electron chi connectivity index (χ3n) is 4.69. The molecule has 2 saturated heterocycles. The highest BCUT2D eigenvalue weighted by atomic mass is 16.5. The SMILES string of the molecule is CC=CC[C@@H]1[C@H](COCCCCCC)[C@@H]2CC[C@H]1O2. The van der Waals surface area contributed by atoms with Gasteiger partial charge in [-0.2, -0.15) is 0 Å². The predicted molar refractivity (Wildman–Crippen MR) is 79.3 cm³/mol. The number of hydrogen-bond acceptors (Lipinski definition) is 2. The molecule has 0 N–H and O–H groups in total. The Morgan fingerprint density at radius 3 is 2.63 bits per heavy atom. The van der Waals surface area contributed by atoms with Crippen LogP contribution in [0.5, 0.6) is 0 Å². The van der Waals surface area contributed by atoms with E-state index in [4.69, 9.17) is 9.47 Å². The average molecular weight is 266 g/mol. The van der Waals surface area contributed by atoms with Crippen LogP contribution in [0.4, 0.5) is 0 Å². The first-order valence-electron chi connectivity index (χ1n) is 8.21. The van der Waals surface area contributed by atoms with Crippen LogP contribution in [0.25, 0.3) is 0 Å². The second kappa shape index (κ2) is 8.06. The summed E-state index contributed by atoms with van der Waals surface area (Å²) in [5.74, 6) is 1.34. The fourth-order valence-electron chi connectivity index (χ4n) is 3.57. The molecule has 2 rings (SSSR count). The number of hydrogen-bond donors (Lipinski definition) is 0. The first kappa shape index (κ1) is 15.1. The van der Waals surface area contributed by atoms with E-state index in [2.05, 4.69) is 26.0 Å². The highest BCUT2D eigenvalue weighted by molar-refractivity contribution is 4.99. The van der Waals surface area contributed by atoms with Crippen molar-refractivity contribution in [2.45, 2.75) is 71.0 Å². The van der Waals surface area contributed by atoms with E-state index in [1.54, 1.807) is 0 Å². The van der Waals surface area contributed by atoms with E-state index in [-0.39, 0.29) is 0 Å². The minimum Gasteiger partial charge on any atom is -0.381 e. The van der Waals surface area contributed by atoms with Crippen LogP contribution < -0.4 is 0 Å². The van der Waals surface area contributed by atoms with Crippen molar-refractivity contribution >= 4 is 0 Å². The summed E-state index contributed by atoms with van der Waals surface area (Å²) in [7, 11) is 0. The van der Waals surface area contributed by atoms with Crippen LogP contribution in [0, 0.1) is 11.8 Å². The Morgan fingerprint density at radius 1 is 1.11 bits per heavy atom. The lowest BCUT2D eigenvalue weighted by Gasteiger charge is -2.27. The van der Waals surface area contributed by atoms with E-state index in [0.29, 0.717) is 24.0 Å². The van der Waals surface area contributed by atoms with Crippen molar-refractivity contribution in [2.24, 2.45) is 11.8 Å². The van der Waals surface area contributed by atoms with Gasteiger partial charge in [-0.25, -0.2) is 0 Å². The van der Waals surface area contributed by atoms with Gasteiger partial charge >= 0.3 is 0 Å². The smallest absolute Gasteiger partial charge is 0.0633 e. The average Bonchev–Trinajstić information content (AvgIpc) is 3.01. The van der Waals surface area contributed by atoms with Crippen molar-refractivity contribution in [1.29, 1.82) is 0 Å². The van der Waals surface area contributed by atoms with E-state index in [0.717, 1.165) is 13.2 Å². The molecule has 19 heavy (non-hydrogen) atoms. The monoisotopic (exact) mass is 266 g/mol. The maximum atomic E-state index is 6.08.